The Kier molecular flexibility index (Phi) is 7.94. The van der Waals surface area contributed by atoms with Crippen molar-refractivity contribution < 1.29 is 37.7 Å². The summed E-state index contributed by atoms with van der Waals surface area (Å²) in [6.07, 6.45) is 2.27. The van der Waals surface area contributed by atoms with E-state index in [0.717, 1.165) is 35.9 Å². The minimum absolute atomic E-state index is 0.152. The number of benzene rings is 1. The molecule has 1 saturated carbocycles. The molecule has 0 saturated heterocycles. The van der Waals surface area contributed by atoms with Crippen LogP contribution in [-0.2, 0) is 16.0 Å². The number of pyridine rings is 2. The van der Waals surface area contributed by atoms with Crippen molar-refractivity contribution in [3.05, 3.63) is 83.1 Å². The van der Waals surface area contributed by atoms with Crippen LogP contribution in [0, 0.1) is 23.4 Å². The van der Waals surface area contributed by atoms with Crippen LogP contribution in [0.2, 0.25) is 0 Å². The van der Waals surface area contributed by atoms with Crippen molar-refractivity contribution in [1.82, 2.24) is 9.97 Å². The highest BCUT2D eigenvalue weighted by Crippen LogP contribution is 2.43. The number of halogens is 3. The smallest absolute Gasteiger partial charge is 0.302 e. The van der Waals surface area contributed by atoms with E-state index in [1.807, 2.05) is 0 Å². The van der Waals surface area contributed by atoms with Crippen LogP contribution in [0.15, 0.2) is 48.8 Å². The molecule has 0 bridgehead atoms. The molecule has 0 spiro atoms. The molecule has 0 aliphatic heterocycles. The summed E-state index contributed by atoms with van der Waals surface area (Å²) < 4.78 is 47.9. The highest BCUT2D eigenvalue weighted by molar-refractivity contribution is 5.96. The van der Waals surface area contributed by atoms with E-state index in [-0.39, 0.29) is 31.1 Å². The van der Waals surface area contributed by atoms with Crippen molar-refractivity contribution in [2.24, 2.45) is 5.92 Å². The predicted molar refractivity (Wildman–Crippen MR) is 131 cm³/mol. The minimum Gasteiger partial charge on any atom is -0.463 e. The van der Waals surface area contributed by atoms with Crippen LogP contribution in [0.3, 0.4) is 0 Å². The van der Waals surface area contributed by atoms with Gasteiger partial charge in [-0.2, -0.15) is 0 Å². The number of hydrogen-bond acceptors (Lipinski definition) is 7. The first-order valence-corrected chi connectivity index (χ1v) is 12.1. The van der Waals surface area contributed by atoms with Gasteiger partial charge in [0.2, 0.25) is 0 Å². The summed E-state index contributed by atoms with van der Waals surface area (Å²) in [6, 6.07) is 6.91. The van der Waals surface area contributed by atoms with Crippen molar-refractivity contribution in [2.75, 3.05) is 6.61 Å². The molecule has 4 atom stereocenters. The normalized spacial score (nSPS) is 23.2. The van der Waals surface area contributed by atoms with Gasteiger partial charge in [0.1, 0.15) is 41.0 Å². The molecule has 1 fully saturated rings. The summed E-state index contributed by atoms with van der Waals surface area (Å²) in [6.45, 7) is 2.63. The maximum Gasteiger partial charge on any atom is 0.302 e. The van der Waals surface area contributed by atoms with Crippen LogP contribution in [0.4, 0.5) is 13.2 Å². The van der Waals surface area contributed by atoms with Crippen LogP contribution in [0.1, 0.15) is 54.2 Å². The minimum atomic E-state index is -1.61. The molecule has 1 aliphatic rings. The van der Waals surface area contributed by atoms with Gasteiger partial charge in [0.15, 0.2) is 5.78 Å². The Bertz CT molecular complexity index is 1330. The molecule has 200 valence electrons. The van der Waals surface area contributed by atoms with Gasteiger partial charge in [-0.25, -0.2) is 18.2 Å². The summed E-state index contributed by atoms with van der Waals surface area (Å²) in [7, 11) is 0. The van der Waals surface area contributed by atoms with Crippen LogP contribution in [0.25, 0.3) is 11.3 Å². The maximum absolute atomic E-state index is 14.5. The van der Waals surface area contributed by atoms with E-state index < -0.39 is 58.1 Å². The van der Waals surface area contributed by atoms with E-state index in [0.29, 0.717) is 12.0 Å². The molecular formula is C28H27F3N2O5. The maximum atomic E-state index is 14.5. The molecule has 0 unspecified atom stereocenters. The highest BCUT2D eigenvalue weighted by atomic mass is 19.1. The van der Waals surface area contributed by atoms with Gasteiger partial charge in [-0.3, -0.25) is 14.6 Å². The number of esters is 1. The number of rotatable bonds is 7. The third kappa shape index (κ3) is 5.46. The summed E-state index contributed by atoms with van der Waals surface area (Å²) in [5.41, 5.74) is -1.77. The number of carbonyl (C=O) groups excluding carboxylic acids is 2. The Balaban J connectivity index is 1.58. The number of hydrogen-bond donors (Lipinski definition) is 2. The molecule has 2 aromatic heterocycles. The summed E-state index contributed by atoms with van der Waals surface area (Å²) in [5, 5.41) is 21.8. The van der Waals surface area contributed by atoms with Gasteiger partial charge < -0.3 is 14.9 Å². The van der Waals surface area contributed by atoms with Crippen LogP contribution >= 0.6 is 0 Å². The number of nitrogens with zero attached hydrogens (tertiary/aromatic N) is 2. The van der Waals surface area contributed by atoms with Gasteiger partial charge >= 0.3 is 5.97 Å². The van der Waals surface area contributed by atoms with E-state index in [2.05, 4.69) is 9.97 Å². The fraction of sp³-hybridized carbons (Fsp3) is 0.357. The zero-order valence-corrected chi connectivity index (χ0v) is 20.8. The standard InChI is InChI=1S/C28H27F3N2O5/c1-15-10-17(12-25(36)28(15,37)14-38-16(2)34)19-8-9-32-13-18(19)11-24(35)23-7-6-22(31)27(33-23)26-20(29)4-3-5-21(26)30/h3-9,13,15,17,25,36-37H,10-12,14H2,1-2H3/t15-,17+,25+,28+/m0/s1. The summed E-state index contributed by atoms with van der Waals surface area (Å²) in [5.74, 6) is -4.75. The van der Waals surface area contributed by atoms with Gasteiger partial charge in [0.25, 0.3) is 0 Å². The molecule has 1 aliphatic carbocycles. The number of aliphatic hydroxyl groups is 2. The molecule has 7 nitrogen and oxygen atoms in total. The van der Waals surface area contributed by atoms with Crippen molar-refractivity contribution in [3.63, 3.8) is 0 Å². The predicted octanol–water partition coefficient (Wildman–Crippen LogP) is 4.15. The van der Waals surface area contributed by atoms with Crippen molar-refractivity contribution in [2.45, 2.75) is 50.7 Å². The van der Waals surface area contributed by atoms with Crippen molar-refractivity contribution >= 4 is 11.8 Å². The Morgan fingerprint density at radius 3 is 2.45 bits per heavy atom. The summed E-state index contributed by atoms with van der Waals surface area (Å²) in [4.78, 5) is 32.4. The van der Waals surface area contributed by atoms with Gasteiger partial charge in [-0.15, -0.1) is 0 Å². The molecule has 4 rings (SSSR count). The zero-order valence-electron chi connectivity index (χ0n) is 20.8. The highest BCUT2D eigenvalue weighted by Gasteiger charge is 2.48. The number of aliphatic hydroxyl groups excluding tert-OH is 1. The van der Waals surface area contributed by atoms with Gasteiger partial charge in [0.05, 0.1) is 11.7 Å². The number of ketones is 1. The molecule has 10 heteroatoms. The number of aromatic nitrogens is 2. The Morgan fingerprint density at radius 2 is 1.79 bits per heavy atom. The first-order valence-electron chi connectivity index (χ1n) is 12.1. The second-order valence-corrected chi connectivity index (χ2v) is 9.65. The van der Waals surface area contributed by atoms with Gasteiger partial charge in [0, 0.05) is 25.7 Å². The third-order valence-electron chi connectivity index (χ3n) is 7.15. The Labute approximate surface area is 217 Å². The topological polar surface area (TPSA) is 110 Å². The second-order valence-electron chi connectivity index (χ2n) is 9.65. The van der Waals surface area contributed by atoms with Crippen LogP contribution in [-0.4, -0.2) is 50.2 Å². The molecular weight excluding hydrogens is 501 g/mol. The number of ether oxygens (including phenoxy) is 1. The first-order chi connectivity index (χ1) is 18.0. The molecule has 0 amide bonds. The van der Waals surface area contributed by atoms with Crippen LogP contribution < -0.4 is 0 Å². The fourth-order valence-corrected chi connectivity index (χ4v) is 4.98. The number of carbonyl (C=O) groups is 2. The van der Waals surface area contributed by atoms with Crippen molar-refractivity contribution in [3.8, 4) is 11.3 Å². The number of Topliss-reactive ketones (excluding diaryl/α,β-unsaturated/α-hetero) is 1. The quantitative estimate of drug-likeness (QED) is 0.350. The molecule has 2 N–H and O–H groups in total. The monoisotopic (exact) mass is 528 g/mol. The van der Waals surface area contributed by atoms with Crippen LogP contribution in [0.5, 0.6) is 0 Å². The van der Waals surface area contributed by atoms with E-state index >= 15 is 0 Å². The van der Waals surface area contributed by atoms with E-state index in [1.54, 1.807) is 19.2 Å². The largest absolute Gasteiger partial charge is 0.463 e. The third-order valence-corrected chi connectivity index (χ3v) is 7.15. The molecule has 2 heterocycles. The lowest BCUT2D eigenvalue weighted by molar-refractivity contribution is -0.180. The summed E-state index contributed by atoms with van der Waals surface area (Å²) >= 11 is 0. The molecule has 1 aromatic carbocycles. The average Bonchev–Trinajstić information content (AvgIpc) is 2.87. The Hall–Kier alpha value is -3.63. The zero-order chi connectivity index (χ0) is 27.6. The van der Waals surface area contributed by atoms with E-state index in [4.69, 9.17) is 4.74 Å². The van der Waals surface area contributed by atoms with Gasteiger partial charge in [-0.05, 0) is 66.1 Å². The lowest BCUT2D eigenvalue weighted by Crippen LogP contribution is -2.55. The van der Waals surface area contributed by atoms with E-state index in [9.17, 15) is 33.0 Å². The van der Waals surface area contributed by atoms with E-state index in [1.165, 1.54) is 13.1 Å². The first kappa shape index (κ1) is 27.4. The lowest BCUT2D eigenvalue weighted by atomic mass is 9.68. The van der Waals surface area contributed by atoms with Gasteiger partial charge in [-0.1, -0.05) is 13.0 Å². The molecule has 38 heavy (non-hydrogen) atoms. The average molecular weight is 529 g/mol. The molecule has 3 aromatic rings. The Morgan fingerprint density at radius 1 is 1.08 bits per heavy atom. The second kappa shape index (κ2) is 11.0. The SMILES string of the molecule is CC(=O)OC[C@]1(O)[C@H](O)C[C@H](c2ccncc2CC(=O)c2ccc(F)c(-c3c(F)cccc3F)n2)C[C@@H]1C. The fourth-order valence-electron chi connectivity index (χ4n) is 4.98. The molecule has 0 radical (unpaired) electrons. The van der Waals surface area contributed by atoms with Crippen molar-refractivity contribution in [1.29, 1.82) is 0 Å². The lowest BCUT2D eigenvalue weighted by Gasteiger charge is -2.45.